The summed E-state index contributed by atoms with van der Waals surface area (Å²) >= 11 is 0. The average Bonchev–Trinajstić information content (AvgIpc) is 2.35. The molecular weight excluding hydrogens is 208 g/mol. The lowest BCUT2D eigenvalue weighted by molar-refractivity contribution is 0.122. The van der Waals surface area contributed by atoms with Gasteiger partial charge in [-0.15, -0.1) is 0 Å². The van der Waals surface area contributed by atoms with Crippen LogP contribution in [0.1, 0.15) is 53.9 Å². The molecule has 3 unspecified atom stereocenters. The van der Waals surface area contributed by atoms with Crippen molar-refractivity contribution in [2.75, 3.05) is 19.6 Å². The van der Waals surface area contributed by atoms with Crippen LogP contribution in [0.2, 0.25) is 0 Å². The van der Waals surface area contributed by atoms with E-state index in [-0.39, 0.29) is 0 Å². The van der Waals surface area contributed by atoms with E-state index in [9.17, 15) is 0 Å². The van der Waals surface area contributed by atoms with E-state index in [1.807, 2.05) is 0 Å². The van der Waals surface area contributed by atoms with E-state index in [4.69, 9.17) is 0 Å². The normalized spacial score (nSPS) is 26.1. The minimum Gasteiger partial charge on any atom is -0.311 e. The second-order valence-electron chi connectivity index (χ2n) is 6.26. The zero-order chi connectivity index (χ0) is 12.8. The summed E-state index contributed by atoms with van der Waals surface area (Å²) in [5.74, 6) is 1.64. The van der Waals surface area contributed by atoms with Crippen molar-refractivity contribution >= 4 is 0 Å². The molecule has 1 rings (SSSR count). The summed E-state index contributed by atoms with van der Waals surface area (Å²) in [6.45, 7) is 15.4. The molecular formula is C15H32N2. The molecule has 0 saturated carbocycles. The van der Waals surface area contributed by atoms with Gasteiger partial charge in [-0.2, -0.15) is 0 Å². The minimum atomic E-state index is 0.704. The summed E-state index contributed by atoms with van der Waals surface area (Å²) in [6.07, 6.45) is 4.00. The first-order valence-electron chi connectivity index (χ1n) is 7.52. The van der Waals surface area contributed by atoms with Crippen LogP contribution >= 0.6 is 0 Å². The maximum atomic E-state index is 3.68. The lowest BCUT2D eigenvalue weighted by Gasteiger charge is -2.40. The van der Waals surface area contributed by atoms with Crippen molar-refractivity contribution in [1.82, 2.24) is 10.2 Å². The predicted molar refractivity (Wildman–Crippen MR) is 76.4 cm³/mol. The fraction of sp³-hybridized carbons (Fsp3) is 1.00. The zero-order valence-corrected chi connectivity index (χ0v) is 12.5. The van der Waals surface area contributed by atoms with Crippen molar-refractivity contribution in [3.8, 4) is 0 Å². The first-order valence-corrected chi connectivity index (χ1v) is 7.52. The molecule has 1 heterocycles. The van der Waals surface area contributed by atoms with Crippen LogP contribution in [0.25, 0.3) is 0 Å². The van der Waals surface area contributed by atoms with E-state index in [1.54, 1.807) is 0 Å². The van der Waals surface area contributed by atoms with Crippen LogP contribution in [0.3, 0.4) is 0 Å². The van der Waals surface area contributed by atoms with Gasteiger partial charge < -0.3 is 5.32 Å². The third-order valence-electron chi connectivity index (χ3n) is 4.35. The molecule has 1 aliphatic heterocycles. The number of nitrogens with zero attached hydrogens (tertiary/aromatic N) is 1. The topological polar surface area (TPSA) is 15.3 Å². The van der Waals surface area contributed by atoms with E-state index in [1.165, 1.54) is 38.9 Å². The number of nitrogens with one attached hydrogen (secondary N) is 1. The molecule has 0 spiro atoms. The monoisotopic (exact) mass is 240 g/mol. The third-order valence-corrected chi connectivity index (χ3v) is 4.35. The fourth-order valence-corrected chi connectivity index (χ4v) is 2.63. The Kier molecular flexibility index (Phi) is 6.50. The third kappa shape index (κ3) is 4.97. The summed E-state index contributed by atoms with van der Waals surface area (Å²) in [4.78, 5) is 2.69. The van der Waals surface area contributed by atoms with Crippen LogP contribution < -0.4 is 5.32 Å². The summed E-state index contributed by atoms with van der Waals surface area (Å²) in [7, 11) is 0. The lowest BCUT2D eigenvalue weighted by atomic mass is 9.95. The van der Waals surface area contributed by atoms with Gasteiger partial charge in [0, 0.05) is 31.7 Å². The fourth-order valence-electron chi connectivity index (χ4n) is 2.63. The Balaban J connectivity index is 2.37. The molecule has 2 nitrogen and oxygen atoms in total. The van der Waals surface area contributed by atoms with Gasteiger partial charge in [0.05, 0.1) is 0 Å². The van der Waals surface area contributed by atoms with Crippen molar-refractivity contribution in [3.05, 3.63) is 0 Å². The lowest BCUT2D eigenvalue weighted by Crippen LogP contribution is -2.55. The number of hydrogen-bond donors (Lipinski definition) is 1. The molecule has 2 heteroatoms. The van der Waals surface area contributed by atoms with Crippen LogP contribution in [0.15, 0.2) is 0 Å². The van der Waals surface area contributed by atoms with Gasteiger partial charge >= 0.3 is 0 Å². The molecule has 0 aromatic rings. The minimum absolute atomic E-state index is 0.704. The van der Waals surface area contributed by atoms with Gasteiger partial charge in [-0.25, -0.2) is 0 Å². The van der Waals surface area contributed by atoms with E-state index in [2.05, 4.69) is 44.8 Å². The van der Waals surface area contributed by atoms with E-state index in [0.717, 1.165) is 17.9 Å². The number of rotatable bonds is 6. The van der Waals surface area contributed by atoms with Crippen LogP contribution in [0.5, 0.6) is 0 Å². The summed E-state index contributed by atoms with van der Waals surface area (Å²) in [5, 5.41) is 3.68. The maximum Gasteiger partial charge on any atom is 0.0221 e. The average molecular weight is 240 g/mol. The number of piperazine rings is 1. The van der Waals surface area contributed by atoms with Crippen LogP contribution in [-0.4, -0.2) is 36.6 Å². The molecule has 1 saturated heterocycles. The van der Waals surface area contributed by atoms with Gasteiger partial charge in [-0.05, 0) is 31.6 Å². The highest BCUT2D eigenvalue weighted by molar-refractivity contribution is 4.84. The molecule has 0 aromatic heterocycles. The molecule has 0 bridgehead atoms. The first-order chi connectivity index (χ1) is 8.04. The molecule has 0 aliphatic carbocycles. The van der Waals surface area contributed by atoms with Gasteiger partial charge in [0.25, 0.3) is 0 Å². The highest BCUT2D eigenvalue weighted by atomic mass is 15.2. The molecule has 0 aromatic carbocycles. The highest BCUT2D eigenvalue weighted by Gasteiger charge is 2.25. The number of hydrogen-bond acceptors (Lipinski definition) is 2. The van der Waals surface area contributed by atoms with E-state index >= 15 is 0 Å². The van der Waals surface area contributed by atoms with Gasteiger partial charge in [0.1, 0.15) is 0 Å². The Morgan fingerprint density at radius 2 is 1.88 bits per heavy atom. The quantitative estimate of drug-likeness (QED) is 0.767. The first kappa shape index (κ1) is 15.0. The molecule has 1 aliphatic rings. The van der Waals surface area contributed by atoms with Crippen molar-refractivity contribution in [3.63, 3.8) is 0 Å². The van der Waals surface area contributed by atoms with Crippen molar-refractivity contribution < 1.29 is 0 Å². The predicted octanol–water partition coefficient (Wildman–Crippen LogP) is 3.13. The molecule has 17 heavy (non-hydrogen) atoms. The van der Waals surface area contributed by atoms with Crippen LogP contribution in [0, 0.1) is 11.8 Å². The van der Waals surface area contributed by atoms with E-state index in [0.29, 0.717) is 6.04 Å². The summed E-state index contributed by atoms with van der Waals surface area (Å²) in [5.41, 5.74) is 0. The van der Waals surface area contributed by atoms with Crippen molar-refractivity contribution in [2.45, 2.75) is 66.0 Å². The zero-order valence-electron chi connectivity index (χ0n) is 12.5. The van der Waals surface area contributed by atoms with Crippen molar-refractivity contribution in [1.29, 1.82) is 0 Å². The summed E-state index contributed by atoms with van der Waals surface area (Å²) < 4.78 is 0. The van der Waals surface area contributed by atoms with Gasteiger partial charge in [-0.3, -0.25) is 4.90 Å². The second-order valence-corrected chi connectivity index (χ2v) is 6.26. The van der Waals surface area contributed by atoms with Crippen molar-refractivity contribution in [2.24, 2.45) is 11.8 Å². The Hall–Kier alpha value is -0.0800. The van der Waals surface area contributed by atoms with Crippen LogP contribution in [0.4, 0.5) is 0 Å². The summed E-state index contributed by atoms with van der Waals surface area (Å²) in [6, 6.07) is 1.46. The molecule has 1 N–H and O–H groups in total. The Labute approximate surface area is 108 Å². The van der Waals surface area contributed by atoms with Gasteiger partial charge in [0.15, 0.2) is 0 Å². The highest BCUT2D eigenvalue weighted by Crippen LogP contribution is 2.17. The van der Waals surface area contributed by atoms with E-state index < -0.39 is 0 Å². The standard InChI is InChI=1S/C15H32N2/c1-6-13(4)15-11-17(10-9-16-15)14(5)8-7-12(2)3/h12-16H,6-11H2,1-5H3. The molecule has 0 amide bonds. The largest absolute Gasteiger partial charge is 0.311 e. The Morgan fingerprint density at radius 1 is 1.18 bits per heavy atom. The smallest absolute Gasteiger partial charge is 0.0221 e. The molecule has 102 valence electrons. The maximum absolute atomic E-state index is 3.68. The van der Waals surface area contributed by atoms with Gasteiger partial charge in [0.2, 0.25) is 0 Å². The molecule has 1 fully saturated rings. The SMILES string of the molecule is CCC(C)C1CN(C(C)CCC(C)C)CCN1. The molecule has 0 radical (unpaired) electrons. The molecule has 3 atom stereocenters. The van der Waals surface area contributed by atoms with Crippen LogP contribution in [-0.2, 0) is 0 Å². The Bertz CT molecular complexity index is 203. The van der Waals surface area contributed by atoms with Gasteiger partial charge in [-0.1, -0.05) is 34.1 Å². The second kappa shape index (κ2) is 7.38. The Morgan fingerprint density at radius 3 is 2.47 bits per heavy atom.